The lowest BCUT2D eigenvalue weighted by Crippen LogP contribution is -2.50. The molecule has 2 rings (SSSR count). The first kappa shape index (κ1) is 17.1. The van der Waals surface area contributed by atoms with Gasteiger partial charge in [0.1, 0.15) is 11.3 Å². The van der Waals surface area contributed by atoms with E-state index in [0.717, 1.165) is 6.42 Å². The zero-order chi connectivity index (χ0) is 16.7. The van der Waals surface area contributed by atoms with Crippen LogP contribution in [0.3, 0.4) is 0 Å². The van der Waals surface area contributed by atoms with Crippen LogP contribution in [-0.4, -0.2) is 47.5 Å². The molecule has 1 aliphatic heterocycles. The standard InChI is InChI=1S/C16H27NO5/c1-7-20-13(18)11-8-10(11)12-9-21-16(5,6)17(12)14(19)22-15(2,3)4/h10-12H,7-9H2,1-6H3/t10-,11+,12+/m0/s1. The Morgan fingerprint density at radius 1 is 1.32 bits per heavy atom. The van der Waals surface area contributed by atoms with Gasteiger partial charge in [-0.3, -0.25) is 9.69 Å². The van der Waals surface area contributed by atoms with Gasteiger partial charge < -0.3 is 14.2 Å². The monoisotopic (exact) mass is 313 g/mol. The molecule has 1 heterocycles. The van der Waals surface area contributed by atoms with Gasteiger partial charge in [0.25, 0.3) is 0 Å². The summed E-state index contributed by atoms with van der Waals surface area (Å²) in [4.78, 5) is 26.0. The molecule has 1 saturated heterocycles. The first-order chi connectivity index (χ1) is 10.1. The van der Waals surface area contributed by atoms with Gasteiger partial charge in [0.2, 0.25) is 0 Å². The van der Waals surface area contributed by atoms with Crippen molar-refractivity contribution in [3.05, 3.63) is 0 Å². The summed E-state index contributed by atoms with van der Waals surface area (Å²) in [5.41, 5.74) is -1.29. The van der Waals surface area contributed by atoms with Crippen LogP contribution in [-0.2, 0) is 19.0 Å². The lowest BCUT2D eigenvalue weighted by Gasteiger charge is -2.35. The summed E-state index contributed by atoms with van der Waals surface area (Å²) in [6.45, 7) is 11.8. The maximum Gasteiger partial charge on any atom is 0.412 e. The third kappa shape index (κ3) is 3.54. The number of carbonyl (C=O) groups excluding carboxylic acids is 2. The maximum absolute atomic E-state index is 12.5. The highest BCUT2D eigenvalue weighted by Crippen LogP contribution is 2.48. The fraction of sp³-hybridized carbons (Fsp3) is 0.875. The maximum atomic E-state index is 12.5. The van der Waals surface area contributed by atoms with E-state index in [0.29, 0.717) is 13.2 Å². The second-order valence-corrected chi connectivity index (χ2v) is 7.43. The van der Waals surface area contributed by atoms with Crippen LogP contribution < -0.4 is 0 Å². The van der Waals surface area contributed by atoms with Gasteiger partial charge in [-0.15, -0.1) is 0 Å². The molecule has 2 fully saturated rings. The molecule has 126 valence electrons. The molecule has 0 spiro atoms. The second-order valence-electron chi connectivity index (χ2n) is 7.43. The molecule has 6 nitrogen and oxygen atoms in total. The largest absolute Gasteiger partial charge is 0.466 e. The molecule has 0 unspecified atom stereocenters. The third-order valence-corrected chi connectivity index (χ3v) is 4.03. The average Bonchev–Trinajstić information content (AvgIpc) is 3.06. The van der Waals surface area contributed by atoms with Crippen molar-refractivity contribution in [2.45, 2.75) is 65.3 Å². The Morgan fingerprint density at radius 2 is 1.95 bits per heavy atom. The molecule has 0 aromatic rings. The molecule has 0 radical (unpaired) electrons. The predicted molar refractivity (Wildman–Crippen MR) is 80.1 cm³/mol. The van der Waals surface area contributed by atoms with Crippen LogP contribution in [0.2, 0.25) is 0 Å². The fourth-order valence-electron chi connectivity index (χ4n) is 2.97. The Labute approximate surface area is 132 Å². The number of rotatable bonds is 3. The van der Waals surface area contributed by atoms with Gasteiger partial charge in [-0.1, -0.05) is 0 Å². The molecule has 2 aliphatic rings. The molecule has 1 aliphatic carbocycles. The highest BCUT2D eigenvalue weighted by atomic mass is 16.6. The van der Waals surface area contributed by atoms with Crippen molar-refractivity contribution in [2.75, 3.05) is 13.2 Å². The number of nitrogens with zero attached hydrogens (tertiary/aromatic N) is 1. The van der Waals surface area contributed by atoms with Crippen molar-refractivity contribution in [1.82, 2.24) is 4.90 Å². The van der Waals surface area contributed by atoms with E-state index >= 15 is 0 Å². The Balaban J connectivity index is 2.08. The van der Waals surface area contributed by atoms with Gasteiger partial charge >= 0.3 is 12.1 Å². The Morgan fingerprint density at radius 3 is 2.50 bits per heavy atom. The Bertz CT molecular complexity index is 454. The van der Waals surface area contributed by atoms with E-state index in [9.17, 15) is 9.59 Å². The zero-order valence-corrected chi connectivity index (χ0v) is 14.3. The Kier molecular flexibility index (Phi) is 4.44. The molecular weight excluding hydrogens is 286 g/mol. The van der Waals surface area contributed by atoms with Crippen molar-refractivity contribution in [2.24, 2.45) is 11.8 Å². The van der Waals surface area contributed by atoms with E-state index in [2.05, 4.69) is 0 Å². The van der Waals surface area contributed by atoms with Gasteiger partial charge in [-0.05, 0) is 53.9 Å². The number of esters is 1. The van der Waals surface area contributed by atoms with Crippen LogP contribution in [0.1, 0.15) is 48.0 Å². The van der Waals surface area contributed by atoms with Crippen LogP contribution in [0.5, 0.6) is 0 Å². The molecule has 1 amide bonds. The van der Waals surface area contributed by atoms with Gasteiger partial charge in [0, 0.05) is 0 Å². The van der Waals surface area contributed by atoms with Crippen molar-refractivity contribution >= 4 is 12.1 Å². The molecule has 6 heteroatoms. The van der Waals surface area contributed by atoms with Crippen LogP contribution >= 0.6 is 0 Å². The lowest BCUT2D eigenvalue weighted by atomic mass is 10.1. The SMILES string of the molecule is CCOC(=O)[C@@H]1C[C@@H]1[C@H]1COC(C)(C)N1C(=O)OC(C)(C)C. The molecule has 3 atom stereocenters. The fourth-order valence-corrected chi connectivity index (χ4v) is 2.97. The van der Waals surface area contributed by atoms with Crippen LogP contribution in [0.4, 0.5) is 4.79 Å². The summed E-state index contributed by atoms with van der Waals surface area (Å²) in [5, 5.41) is 0. The van der Waals surface area contributed by atoms with Crippen LogP contribution in [0.15, 0.2) is 0 Å². The van der Waals surface area contributed by atoms with E-state index in [1.807, 2.05) is 34.6 Å². The zero-order valence-electron chi connectivity index (χ0n) is 14.3. The van der Waals surface area contributed by atoms with Crippen molar-refractivity contribution in [3.63, 3.8) is 0 Å². The molecule has 0 aromatic carbocycles. The van der Waals surface area contributed by atoms with E-state index < -0.39 is 17.4 Å². The third-order valence-electron chi connectivity index (χ3n) is 4.03. The number of hydrogen-bond acceptors (Lipinski definition) is 5. The minimum Gasteiger partial charge on any atom is -0.466 e. The first-order valence-electron chi connectivity index (χ1n) is 7.89. The average molecular weight is 313 g/mol. The number of amides is 1. The van der Waals surface area contributed by atoms with E-state index in [1.54, 1.807) is 11.8 Å². The quantitative estimate of drug-likeness (QED) is 0.749. The van der Waals surface area contributed by atoms with Gasteiger partial charge in [0.05, 0.1) is 25.2 Å². The predicted octanol–water partition coefficient (Wildman–Crippen LogP) is 2.56. The molecule has 22 heavy (non-hydrogen) atoms. The molecular formula is C16H27NO5. The number of ether oxygens (including phenoxy) is 3. The van der Waals surface area contributed by atoms with E-state index in [-0.39, 0.29) is 23.8 Å². The minimum absolute atomic E-state index is 0.0911. The summed E-state index contributed by atoms with van der Waals surface area (Å²) < 4.78 is 16.3. The van der Waals surface area contributed by atoms with E-state index in [1.165, 1.54) is 0 Å². The first-order valence-corrected chi connectivity index (χ1v) is 7.89. The lowest BCUT2D eigenvalue weighted by molar-refractivity contribution is -0.145. The van der Waals surface area contributed by atoms with Crippen molar-refractivity contribution in [3.8, 4) is 0 Å². The summed E-state index contributed by atoms with van der Waals surface area (Å²) >= 11 is 0. The minimum atomic E-state index is -0.727. The van der Waals surface area contributed by atoms with Crippen LogP contribution in [0.25, 0.3) is 0 Å². The summed E-state index contributed by atoms with van der Waals surface area (Å²) in [6.07, 6.45) is 0.344. The summed E-state index contributed by atoms with van der Waals surface area (Å²) in [6, 6.07) is -0.140. The molecule has 0 bridgehead atoms. The van der Waals surface area contributed by atoms with Gasteiger partial charge in [-0.2, -0.15) is 0 Å². The Hall–Kier alpha value is -1.30. The van der Waals surface area contributed by atoms with Gasteiger partial charge in [-0.25, -0.2) is 4.79 Å². The normalized spacial score (nSPS) is 30.1. The molecule has 0 aromatic heterocycles. The summed E-state index contributed by atoms with van der Waals surface area (Å²) in [7, 11) is 0. The van der Waals surface area contributed by atoms with E-state index in [4.69, 9.17) is 14.2 Å². The highest BCUT2D eigenvalue weighted by molar-refractivity contribution is 5.76. The molecule has 0 N–H and O–H groups in total. The number of carbonyl (C=O) groups is 2. The van der Waals surface area contributed by atoms with Crippen molar-refractivity contribution in [1.29, 1.82) is 0 Å². The van der Waals surface area contributed by atoms with Crippen LogP contribution in [0, 0.1) is 11.8 Å². The van der Waals surface area contributed by atoms with Crippen molar-refractivity contribution < 1.29 is 23.8 Å². The van der Waals surface area contributed by atoms with Gasteiger partial charge in [0.15, 0.2) is 0 Å². The highest BCUT2D eigenvalue weighted by Gasteiger charge is 2.57. The summed E-state index contributed by atoms with van der Waals surface area (Å²) in [5.74, 6) is -0.220. The topological polar surface area (TPSA) is 65.1 Å². The second kappa shape index (κ2) is 5.72. The smallest absolute Gasteiger partial charge is 0.412 e. The number of hydrogen-bond donors (Lipinski definition) is 0. The molecule has 1 saturated carbocycles.